The van der Waals surface area contributed by atoms with Crippen LogP contribution in [0.2, 0.25) is 0 Å². The predicted molar refractivity (Wildman–Crippen MR) is 134 cm³/mol. The van der Waals surface area contributed by atoms with Crippen LogP contribution in [0, 0.1) is 5.82 Å². The molecule has 0 atom stereocenters. The molecule has 5 rings (SSSR count). The standard InChI is InChI=1S/C26H23FN6O2/c1-2-11-28-26(35)31-25-29-21-10-8-16(14-23(21)30-25)19-12-15(7-9-20(19)27)13-22-17-5-3-4-6-18(17)24(34)33-32-22/h3-10,12,14H,2,11,13H2,1H3,(H,33,34)(H3,28,29,30,31,35). The zero-order chi connectivity index (χ0) is 24.4. The lowest BCUT2D eigenvalue weighted by Gasteiger charge is -2.09. The maximum Gasteiger partial charge on any atom is 0.321 e. The highest BCUT2D eigenvalue weighted by Gasteiger charge is 2.13. The smallest absolute Gasteiger partial charge is 0.321 e. The van der Waals surface area contributed by atoms with Crippen molar-refractivity contribution in [3.05, 3.63) is 88.1 Å². The Morgan fingerprint density at radius 1 is 1.06 bits per heavy atom. The number of imidazole rings is 1. The van der Waals surface area contributed by atoms with E-state index in [1.54, 1.807) is 42.5 Å². The van der Waals surface area contributed by atoms with Gasteiger partial charge in [-0.2, -0.15) is 5.10 Å². The minimum absolute atomic E-state index is 0.242. The van der Waals surface area contributed by atoms with Gasteiger partial charge in [0.25, 0.3) is 5.56 Å². The molecule has 0 aliphatic rings. The van der Waals surface area contributed by atoms with E-state index in [1.165, 1.54) is 6.07 Å². The highest BCUT2D eigenvalue weighted by Crippen LogP contribution is 2.28. The largest absolute Gasteiger partial charge is 0.338 e. The minimum Gasteiger partial charge on any atom is -0.338 e. The maximum atomic E-state index is 14.8. The number of benzene rings is 3. The fourth-order valence-corrected chi connectivity index (χ4v) is 4.03. The number of nitrogens with one attached hydrogen (secondary N) is 4. The average molecular weight is 471 g/mol. The van der Waals surface area contributed by atoms with E-state index in [2.05, 4.69) is 30.8 Å². The van der Waals surface area contributed by atoms with E-state index in [4.69, 9.17) is 0 Å². The molecule has 0 bridgehead atoms. The summed E-state index contributed by atoms with van der Waals surface area (Å²) in [6, 6.07) is 17.2. The van der Waals surface area contributed by atoms with Crippen LogP contribution in [0.3, 0.4) is 0 Å². The number of halogens is 1. The molecule has 0 aliphatic carbocycles. The van der Waals surface area contributed by atoms with E-state index in [1.807, 2.05) is 19.1 Å². The minimum atomic E-state index is -0.361. The molecule has 0 radical (unpaired) electrons. The molecule has 8 nitrogen and oxygen atoms in total. The Balaban J connectivity index is 1.45. The Morgan fingerprint density at radius 2 is 1.89 bits per heavy atom. The molecule has 2 heterocycles. The van der Waals surface area contributed by atoms with Crippen LogP contribution in [0.4, 0.5) is 15.1 Å². The molecule has 0 aliphatic heterocycles. The van der Waals surface area contributed by atoms with Gasteiger partial charge in [-0.1, -0.05) is 37.3 Å². The fraction of sp³-hybridized carbons (Fsp3) is 0.154. The third kappa shape index (κ3) is 4.61. The molecule has 3 aromatic carbocycles. The maximum absolute atomic E-state index is 14.8. The van der Waals surface area contributed by atoms with E-state index in [9.17, 15) is 14.0 Å². The van der Waals surface area contributed by atoms with Gasteiger partial charge in [-0.25, -0.2) is 19.3 Å². The number of urea groups is 1. The van der Waals surface area contributed by atoms with Crippen molar-refractivity contribution in [2.24, 2.45) is 0 Å². The summed E-state index contributed by atoms with van der Waals surface area (Å²) >= 11 is 0. The van der Waals surface area contributed by atoms with Crippen LogP contribution in [-0.2, 0) is 6.42 Å². The number of H-pyrrole nitrogens is 2. The molecule has 0 fully saturated rings. The van der Waals surface area contributed by atoms with Crippen molar-refractivity contribution in [1.29, 1.82) is 0 Å². The van der Waals surface area contributed by atoms with Crippen molar-refractivity contribution in [2.75, 3.05) is 11.9 Å². The Kier molecular flexibility index (Phi) is 5.97. The number of amides is 2. The molecule has 0 saturated carbocycles. The predicted octanol–water partition coefficient (Wildman–Crippen LogP) is 4.73. The highest BCUT2D eigenvalue weighted by molar-refractivity contribution is 5.91. The van der Waals surface area contributed by atoms with Gasteiger partial charge in [-0.05, 0) is 47.9 Å². The number of rotatable bonds is 6. The van der Waals surface area contributed by atoms with E-state index in [0.717, 1.165) is 22.9 Å². The first-order chi connectivity index (χ1) is 17.0. The molecule has 176 valence electrons. The number of nitrogens with zero attached hydrogens (tertiary/aromatic N) is 2. The van der Waals surface area contributed by atoms with Crippen LogP contribution in [-0.4, -0.2) is 32.7 Å². The van der Waals surface area contributed by atoms with Crippen molar-refractivity contribution in [3.8, 4) is 11.1 Å². The van der Waals surface area contributed by atoms with Gasteiger partial charge in [0.15, 0.2) is 0 Å². The Labute approximate surface area is 199 Å². The molecule has 9 heteroatoms. The number of anilines is 1. The Bertz CT molecular complexity index is 1610. The second-order valence-electron chi connectivity index (χ2n) is 8.23. The third-order valence-electron chi connectivity index (χ3n) is 5.74. The molecule has 5 aromatic rings. The van der Waals surface area contributed by atoms with E-state index in [-0.39, 0.29) is 17.4 Å². The van der Waals surface area contributed by atoms with Crippen molar-refractivity contribution in [2.45, 2.75) is 19.8 Å². The summed E-state index contributed by atoms with van der Waals surface area (Å²) in [7, 11) is 0. The van der Waals surface area contributed by atoms with Crippen molar-refractivity contribution in [3.63, 3.8) is 0 Å². The van der Waals surface area contributed by atoms with E-state index < -0.39 is 0 Å². The van der Waals surface area contributed by atoms with Crippen LogP contribution in [0.1, 0.15) is 24.6 Å². The van der Waals surface area contributed by atoms with Crippen molar-refractivity contribution >= 4 is 33.8 Å². The van der Waals surface area contributed by atoms with Gasteiger partial charge in [0.2, 0.25) is 5.95 Å². The van der Waals surface area contributed by atoms with Gasteiger partial charge >= 0.3 is 6.03 Å². The Morgan fingerprint density at radius 3 is 2.71 bits per heavy atom. The van der Waals surface area contributed by atoms with E-state index in [0.29, 0.717) is 46.6 Å². The monoisotopic (exact) mass is 470 g/mol. The van der Waals surface area contributed by atoms with Gasteiger partial charge < -0.3 is 10.3 Å². The number of hydrogen-bond acceptors (Lipinski definition) is 4. The molecule has 2 aromatic heterocycles. The fourth-order valence-electron chi connectivity index (χ4n) is 4.03. The lowest BCUT2D eigenvalue weighted by atomic mass is 9.98. The van der Waals surface area contributed by atoms with Gasteiger partial charge in [0.05, 0.1) is 22.1 Å². The zero-order valence-corrected chi connectivity index (χ0v) is 19.0. The second kappa shape index (κ2) is 9.38. The number of aromatic nitrogens is 4. The first-order valence-corrected chi connectivity index (χ1v) is 11.3. The van der Waals surface area contributed by atoms with Crippen molar-refractivity contribution < 1.29 is 9.18 Å². The summed E-state index contributed by atoms with van der Waals surface area (Å²) in [5.74, 6) is -0.0452. The number of carbonyl (C=O) groups excluding carboxylic acids is 1. The molecule has 4 N–H and O–H groups in total. The molecule has 2 amide bonds. The summed E-state index contributed by atoms with van der Waals surface area (Å²) in [5.41, 5.74) is 3.72. The van der Waals surface area contributed by atoms with Gasteiger partial charge in [-0.15, -0.1) is 0 Å². The van der Waals surface area contributed by atoms with Gasteiger partial charge in [0.1, 0.15) is 5.82 Å². The SMILES string of the molecule is CCCNC(=O)Nc1nc2cc(-c3cc(Cc4n[nH]c(=O)c5ccccc45)ccc3F)ccc2[nH]1. The lowest BCUT2D eigenvalue weighted by molar-refractivity contribution is 0.252. The summed E-state index contributed by atoms with van der Waals surface area (Å²) in [4.78, 5) is 31.5. The summed E-state index contributed by atoms with van der Waals surface area (Å²) in [6.45, 7) is 2.53. The molecule has 0 saturated heterocycles. The van der Waals surface area contributed by atoms with Crippen LogP contribution in [0.15, 0.2) is 65.5 Å². The second-order valence-corrected chi connectivity index (χ2v) is 8.23. The summed E-state index contributed by atoms with van der Waals surface area (Å²) < 4.78 is 14.8. The van der Waals surface area contributed by atoms with Crippen LogP contribution >= 0.6 is 0 Å². The Hall–Kier alpha value is -4.53. The molecule has 0 spiro atoms. The number of carbonyl (C=O) groups is 1. The number of aromatic amines is 2. The van der Waals surface area contributed by atoms with Crippen LogP contribution < -0.4 is 16.2 Å². The van der Waals surface area contributed by atoms with Gasteiger partial charge in [-0.3, -0.25) is 10.1 Å². The first-order valence-electron chi connectivity index (χ1n) is 11.3. The summed E-state index contributed by atoms with van der Waals surface area (Å²) in [5, 5.41) is 13.5. The highest BCUT2D eigenvalue weighted by atomic mass is 19.1. The van der Waals surface area contributed by atoms with Crippen LogP contribution in [0.25, 0.3) is 32.9 Å². The molecular weight excluding hydrogens is 447 g/mol. The molecule has 35 heavy (non-hydrogen) atoms. The number of fused-ring (bicyclic) bond motifs is 2. The third-order valence-corrected chi connectivity index (χ3v) is 5.74. The quantitative estimate of drug-likeness (QED) is 0.287. The topological polar surface area (TPSA) is 116 Å². The van der Waals surface area contributed by atoms with Crippen molar-refractivity contribution in [1.82, 2.24) is 25.5 Å². The zero-order valence-electron chi connectivity index (χ0n) is 19.0. The average Bonchev–Trinajstić information content (AvgIpc) is 3.27. The van der Waals surface area contributed by atoms with Gasteiger partial charge in [0, 0.05) is 23.9 Å². The lowest BCUT2D eigenvalue weighted by Crippen LogP contribution is -2.29. The normalized spacial score (nSPS) is 11.1. The first kappa shape index (κ1) is 22.3. The number of hydrogen-bond donors (Lipinski definition) is 4. The molecular formula is C26H23FN6O2. The van der Waals surface area contributed by atoms with E-state index >= 15 is 0 Å². The summed E-state index contributed by atoms with van der Waals surface area (Å²) in [6.07, 6.45) is 1.26. The van der Waals surface area contributed by atoms with Crippen LogP contribution in [0.5, 0.6) is 0 Å². The molecule has 0 unspecified atom stereocenters.